The monoisotopic (exact) mass is 474 g/mol. The molecule has 3 N–H and O–H groups in total. The second-order valence-corrected chi connectivity index (χ2v) is 8.19. The highest BCUT2D eigenvalue weighted by Gasteiger charge is 2.17. The minimum absolute atomic E-state index is 0.0390. The third kappa shape index (κ3) is 5.81. The Bertz CT molecular complexity index is 1140. The van der Waals surface area contributed by atoms with E-state index in [1.54, 1.807) is 35.0 Å². The van der Waals surface area contributed by atoms with E-state index in [4.69, 9.17) is 23.2 Å². The molecule has 7 nitrogen and oxygen atoms in total. The number of carbonyl (C=O) groups is 2. The van der Waals surface area contributed by atoms with Gasteiger partial charge in [-0.1, -0.05) is 29.3 Å². The first kappa shape index (κ1) is 23.6. The normalized spacial score (nSPS) is 10.8. The lowest BCUT2D eigenvalue weighted by Crippen LogP contribution is -2.30. The lowest BCUT2D eigenvalue weighted by molar-refractivity contribution is -0.120. The van der Waals surface area contributed by atoms with E-state index in [-0.39, 0.29) is 24.0 Å². The van der Waals surface area contributed by atoms with Crippen molar-refractivity contribution in [3.05, 3.63) is 75.0 Å². The summed E-state index contributed by atoms with van der Waals surface area (Å²) in [4.78, 5) is 24.5. The van der Waals surface area contributed by atoms with Gasteiger partial charge in [-0.3, -0.25) is 9.59 Å². The van der Waals surface area contributed by atoms with E-state index in [9.17, 15) is 14.7 Å². The topological polar surface area (TPSA) is 96.3 Å². The molecule has 0 atom stereocenters. The van der Waals surface area contributed by atoms with Gasteiger partial charge in [0.2, 0.25) is 5.91 Å². The number of benzene rings is 2. The molecular weight excluding hydrogens is 451 g/mol. The van der Waals surface area contributed by atoms with Crippen LogP contribution in [0.2, 0.25) is 10.0 Å². The Morgan fingerprint density at radius 3 is 2.53 bits per heavy atom. The molecule has 2 amide bonds. The van der Waals surface area contributed by atoms with Gasteiger partial charge >= 0.3 is 0 Å². The van der Waals surface area contributed by atoms with E-state index in [1.165, 1.54) is 12.1 Å². The van der Waals surface area contributed by atoms with Gasteiger partial charge in [0.25, 0.3) is 5.91 Å². The quantitative estimate of drug-likeness (QED) is 0.430. The Labute approximate surface area is 196 Å². The number of phenolic OH excluding ortho intramolecular Hbond substituents is 1. The average molecular weight is 475 g/mol. The summed E-state index contributed by atoms with van der Waals surface area (Å²) in [5.41, 5.74) is 3.51. The van der Waals surface area contributed by atoms with Crippen molar-refractivity contribution in [2.24, 2.45) is 0 Å². The molecule has 0 saturated carbocycles. The number of hydrogen-bond acceptors (Lipinski definition) is 4. The fraction of sp³-hybridized carbons (Fsp3) is 0.261. The Balaban J connectivity index is 1.50. The zero-order chi connectivity index (χ0) is 23.3. The van der Waals surface area contributed by atoms with Crippen LogP contribution in [0, 0.1) is 13.8 Å². The lowest BCUT2D eigenvalue weighted by Gasteiger charge is -2.09. The maximum atomic E-state index is 12.4. The SMILES string of the molecule is Cc1nn(-c2ccc(Cl)cc2Cl)c(C)c1CC(=O)NCCCNC(=O)c1cccc(O)c1. The standard InChI is InChI=1S/C23H24Cl2N4O3/c1-14-19(15(2)29(28-14)21-8-7-17(24)12-20(21)25)13-22(31)26-9-4-10-27-23(32)16-5-3-6-18(30)11-16/h3,5-8,11-12,30H,4,9-10,13H2,1-2H3,(H,26,31)(H,27,32). The number of nitrogens with one attached hydrogen (secondary N) is 2. The Kier molecular flexibility index (Phi) is 7.77. The van der Waals surface area contributed by atoms with Crippen molar-refractivity contribution in [1.82, 2.24) is 20.4 Å². The van der Waals surface area contributed by atoms with Crippen LogP contribution in [0.4, 0.5) is 0 Å². The van der Waals surface area contributed by atoms with Crippen LogP contribution in [-0.2, 0) is 11.2 Å². The summed E-state index contributed by atoms with van der Waals surface area (Å²) in [5.74, 6) is -0.360. The third-order valence-corrected chi connectivity index (χ3v) is 5.52. The Morgan fingerprint density at radius 1 is 1.06 bits per heavy atom. The summed E-state index contributed by atoms with van der Waals surface area (Å²) < 4.78 is 1.72. The van der Waals surface area contributed by atoms with E-state index in [0.717, 1.165) is 17.0 Å². The van der Waals surface area contributed by atoms with Crippen molar-refractivity contribution in [3.63, 3.8) is 0 Å². The molecule has 0 aliphatic heterocycles. The molecular formula is C23H24Cl2N4O3. The van der Waals surface area contributed by atoms with Gasteiger partial charge in [0.15, 0.2) is 0 Å². The van der Waals surface area contributed by atoms with Crippen LogP contribution < -0.4 is 10.6 Å². The number of aromatic nitrogens is 2. The number of nitrogens with zero attached hydrogens (tertiary/aromatic N) is 2. The van der Waals surface area contributed by atoms with Gasteiger partial charge in [-0.05, 0) is 56.7 Å². The minimum atomic E-state index is -0.272. The Morgan fingerprint density at radius 2 is 1.81 bits per heavy atom. The molecule has 9 heteroatoms. The molecule has 0 aliphatic carbocycles. The molecule has 3 aromatic rings. The Hall–Kier alpha value is -3.03. The van der Waals surface area contributed by atoms with Crippen LogP contribution in [0.5, 0.6) is 5.75 Å². The first-order chi connectivity index (χ1) is 15.3. The van der Waals surface area contributed by atoms with Gasteiger partial charge in [0.1, 0.15) is 5.75 Å². The number of amides is 2. The molecule has 0 fully saturated rings. The molecule has 0 spiro atoms. The third-order valence-electron chi connectivity index (χ3n) is 4.99. The van der Waals surface area contributed by atoms with Crippen LogP contribution in [-0.4, -0.2) is 39.8 Å². The van der Waals surface area contributed by atoms with Crippen LogP contribution >= 0.6 is 23.2 Å². The number of carbonyl (C=O) groups excluding carboxylic acids is 2. The fourth-order valence-corrected chi connectivity index (χ4v) is 3.80. The highest BCUT2D eigenvalue weighted by Crippen LogP contribution is 2.27. The molecule has 0 aliphatic rings. The van der Waals surface area contributed by atoms with E-state index in [2.05, 4.69) is 15.7 Å². The summed E-state index contributed by atoms with van der Waals surface area (Å²) in [6, 6.07) is 11.3. The van der Waals surface area contributed by atoms with Gasteiger partial charge in [0.05, 0.1) is 22.8 Å². The molecule has 0 bridgehead atoms. The molecule has 32 heavy (non-hydrogen) atoms. The minimum Gasteiger partial charge on any atom is -0.508 e. The lowest BCUT2D eigenvalue weighted by atomic mass is 10.1. The molecule has 3 rings (SSSR count). The molecule has 0 radical (unpaired) electrons. The largest absolute Gasteiger partial charge is 0.508 e. The number of halogens is 2. The van der Waals surface area contributed by atoms with Crippen molar-refractivity contribution in [1.29, 1.82) is 0 Å². The number of phenols is 1. The van der Waals surface area contributed by atoms with Crippen LogP contribution in [0.3, 0.4) is 0 Å². The number of aryl methyl sites for hydroxylation is 1. The van der Waals surface area contributed by atoms with E-state index in [0.29, 0.717) is 40.8 Å². The number of aromatic hydroxyl groups is 1. The van der Waals surface area contributed by atoms with Crippen LogP contribution in [0.15, 0.2) is 42.5 Å². The van der Waals surface area contributed by atoms with Crippen molar-refractivity contribution in [3.8, 4) is 11.4 Å². The first-order valence-corrected chi connectivity index (χ1v) is 10.9. The van der Waals surface area contributed by atoms with Crippen molar-refractivity contribution in [2.75, 3.05) is 13.1 Å². The molecule has 2 aromatic carbocycles. The summed E-state index contributed by atoms with van der Waals surface area (Å²) in [6.45, 7) is 4.57. The second-order valence-electron chi connectivity index (χ2n) is 7.34. The van der Waals surface area contributed by atoms with Gasteiger partial charge < -0.3 is 15.7 Å². The first-order valence-electron chi connectivity index (χ1n) is 10.1. The molecule has 0 unspecified atom stereocenters. The van der Waals surface area contributed by atoms with Crippen LogP contribution in [0.25, 0.3) is 5.69 Å². The number of rotatable bonds is 8. The van der Waals surface area contributed by atoms with Gasteiger partial charge in [-0.2, -0.15) is 5.10 Å². The van der Waals surface area contributed by atoms with Gasteiger partial charge in [-0.25, -0.2) is 4.68 Å². The predicted molar refractivity (Wildman–Crippen MR) is 125 cm³/mol. The molecule has 168 valence electrons. The van der Waals surface area contributed by atoms with Gasteiger partial charge in [-0.15, -0.1) is 0 Å². The van der Waals surface area contributed by atoms with Crippen molar-refractivity contribution < 1.29 is 14.7 Å². The highest BCUT2D eigenvalue weighted by atomic mass is 35.5. The summed E-state index contributed by atoms with van der Waals surface area (Å²) >= 11 is 12.3. The maximum Gasteiger partial charge on any atom is 0.251 e. The summed E-state index contributed by atoms with van der Waals surface area (Å²) in [7, 11) is 0. The zero-order valence-corrected chi connectivity index (χ0v) is 19.3. The zero-order valence-electron chi connectivity index (χ0n) is 17.8. The van der Waals surface area contributed by atoms with E-state index in [1.807, 2.05) is 13.8 Å². The highest BCUT2D eigenvalue weighted by molar-refractivity contribution is 6.35. The average Bonchev–Trinajstić information content (AvgIpc) is 3.01. The summed E-state index contributed by atoms with van der Waals surface area (Å²) in [6.07, 6.45) is 0.770. The smallest absolute Gasteiger partial charge is 0.251 e. The van der Waals surface area contributed by atoms with E-state index < -0.39 is 0 Å². The van der Waals surface area contributed by atoms with Crippen molar-refractivity contribution in [2.45, 2.75) is 26.7 Å². The number of hydrogen-bond donors (Lipinski definition) is 3. The second kappa shape index (κ2) is 10.5. The van der Waals surface area contributed by atoms with Crippen molar-refractivity contribution >= 4 is 35.0 Å². The molecule has 0 saturated heterocycles. The molecule has 1 aromatic heterocycles. The van der Waals surface area contributed by atoms with Gasteiger partial charge in [0, 0.05) is 34.9 Å². The molecule has 1 heterocycles. The van der Waals surface area contributed by atoms with E-state index >= 15 is 0 Å². The predicted octanol–water partition coefficient (Wildman–Crippen LogP) is 3.98. The fourth-order valence-electron chi connectivity index (χ4n) is 3.31. The van der Waals surface area contributed by atoms with Crippen LogP contribution in [0.1, 0.15) is 33.7 Å². The maximum absolute atomic E-state index is 12.4. The summed E-state index contributed by atoms with van der Waals surface area (Å²) in [5, 5.41) is 20.6.